The second kappa shape index (κ2) is 8.11. The van der Waals surface area contributed by atoms with Crippen LogP contribution in [0.4, 0.5) is 4.39 Å². The molecule has 1 aliphatic heterocycles. The van der Waals surface area contributed by atoms with Gasteiger partial charge in [-0.1, -0.05) is 43.9 Å². The summed E-state index contributed by atoms with van der Waals surface area (Å²) in [5.74, 6) is -0.879. The summed E-state index contributed by atoms with van der Waals surface area (Å²) >= 11 is 0. The molecule has 1 fully saturated rings. The number of carbonyl (C=O) groups excluding carboxylic acids is 2. The van der Waals surface area contributed by atoms with E-state index in [4.69, 9.17) is 4.42 Å². The molecule has 0 spiro atoms. The van der Waals surface area contributed by atoms with Crippen molar-refractivity contribution in [2.75, 3.05) is 0 Å². The molecule has 1 aliphatic carbocycles. The highest BCUT2D eigenvalue weighted by atomic mass is 19.1. The van der Waals surface area contributed by atoms with Gasteiger partial charge in [0.25, 0.3) is 5.91 Å². The number of rotatable bonds is 4. The van der Waals surface area contributed by atoms with E-state index < -0.39 is 5.54 Å². The molecule has 0 bridgehead atoms. The molecule has 0 unspecified atom stereocenters. The Balaban J connectivity index is 1.53. The number of nitrogens with one attached hydrogen (secondary N) is 1. The largest absolute Gasteiger partial charge is 0.463 e. The number of furan rings is 1. The van der Waals surface area contributed by atoms with Crippen LogP contribution < -0.4 is 5.32 Å². The minimum absolute atomic E-state index is 0.0205. The molecule has 1 saturated carbocycles. The fourth-order valence-electron chi connectivity index (χ4n) is 5.08. The van der Waals surface area contributed by atoms with Crippen LogP contribution in [0.25, 0.3) is 11.1 Å². The summed E-state index contributed by atoms with van der Waals surface area (Å²) in [6.07, 6.45) is 8.04. The van der Waals surface area contributed by atoms with Crippen molar-refractivity contribution < 1.29 is 18.4 Å². The van der Waals surface area contributed by atoms with Crippen molar-refractivity contribution in [3.05, 3.63) is 59.7 Å². The topological polar surface area (TPSA) is 67.5 Å². The zero-order chi connectivity index (χ0) is 22.3. The van der Waals surface area contributed by atoms with Gasteiger partial charge in [0, 0.05) is 23.7 Å². The lowest BCUT2D eigenvalue weighted by Gasteiger charge is -2.44. The van der Waals surface area contributed by atoms with Gasteiger partial charge in [0.2, 0.25) is 5.91 Å². The van der Waals surface area contributed by atoms with E-state index in [0.29, 0.717) is 16.8 Å². The summed E-state index contributed by atoms with van der Waals surface area (Å²) in [4.78, 5) is 28.8. The molecule has 0 saturated heterocycles. The summed E-state index contributed by atoms with van der Waals surface area (Å²) in [7, 11) is 0. The number of nitrogens with zero attached hydrogens (tertiary/aromatic N) is 2. The van der Waals surface area contributed by atoms with Crippen LogP contribution in [0, 0.1) is 5.82 Å². The lowest BCUT2D eigenvalue weighted by Crippen LogP contribution is -2.64. The molecule has 6 nitrogen and oxygen atoms in total. The molecule has 32 heavy (non-hydrogen) atoms. The zero-order valence-electron chi connectivity index (χ0n) is 18.3. The van der Waals surface area contributed by atoms with Crippen molar-refractivity contribution in [2.45, 2.75) is 70.1 Å². The molecular weight excluding hydrogens is 409 g/mol. The summed E-state index contributed by atoms with van der Waals surface area (Å²) < 4.78 is 21.9. The predicted molar refractivity (Wildman–Crippen MR) is 119 cm³/mol. The Morgan fingerprint density at radius 3 is 2.69 bits per heavy atom. The normalized spacial score (nSPS) is 22.1. The van der Waals surface area contributed by atoms with E-state index in [2.05, 4.69) is 5.32 Å². The predicted octanol–water partition coefficient (Wildman–Crippen LogP) is 4.63. The second-order valence-corrected chi connectivity index (χ2v) is 9.20. The molecule has 2 amide bonds. The Bertz CT molecular complexity index is 1160. The van der Waals surface area contributed by atoms with Gasteiger partial charge in [-0.25, -0.2) is 4.39 Å². The van der Waals surface area contributed by atoms with Gasteiger partial charge in [0.1, 0.15) is 17.1 Å². The summed E-state index contributed by atoms with van der Waals surface area (Å²) in [6, 6.07) is 10.0. The van der Waals surface area contributed by atoms with E-state index >= 15 is 0 Å². The monoisotopic (exact) mass is 437 g/mol. The third-order valence-electron chi connectivity index (χ3n) is 7.01. The Labute approximate surface area is 186 Å². The minimum atomic E-state index is -1.16. The lowest BCUT2D eigenvalue weighted by atomic mass is 9.93. The molecular formula is C25H28FN3O3. The summed E-state index contributed by atoms with van der Waals surface area (Å²) in [5.41, 5.74) is 1.07. The van der Waals surface area contributed by atoms with Crippen molar-refractivity contribution in [3.63, 3.8) is 0 Å². The van der Waals surface area contributed by atoms with Gasteiger partial charge in [0.05, 0.1) is 24.9 Å². The van der Waals surface area contributed by atoms with Gasteiger partial charge >= 0.3 is 0 Å². The molecule has 1 atom stereocenters. The van der Waals surface area contributed by atoms with Crippen LogP contribution in [0.1, 0.15) is 61.5 Å². The molecule has 5 rings (SSSR count). The molecule has 1 aromatic carbocycles. The number of hydrogen-bond acceptors (Lipinski definition) is 3. The quantitative estimate of drug-likeness (QED) is 0.606. The Hall–Kier alpha value is -3.09. The molecule has 168 valence electrons. The van der Waals surface area contributed by atoms with Crippen LogP contribution in [-0.2, 0) is 17.9 Å². The number of halogens is 1. The van der Waals surface area contributed by atoms with Gasteiger partial charge in [0.15, 0.2) is 5.58 Å². The maximum absolute atomic E-state index is 14.5. The van der Waals surface area contributed by atoms with E-state index in [1.54, 1.807) is 37.5 Å². The fraction of sp³-hybridized carbons (Fsp3) is 0.440. The summed E-state index contributed by atoms with van der Waals surface area (Å²) in [5, 5.41) is 3.22. The molecule has 0 radical (unpaired) electrons. The standard InChI is InChI=1S/C25H28FN3O3/c1-25(24(31)27-18-9-4-2-3-5-10-18)16-28-20-12-13-32-22(20)14-21(28)23(30)29(25)15-17-8-6-7-11-19(17)26/h6-8,11-14,18H,2-5,9-10,15-16H2,1H3,(H,27,31)/t25-/m1/s1. The molecule has 1 N–H and O–H groups in total. The van der Waals surface area contributed by atoms with E-state index in [9.17, 15) is 14.0 Å². The van der Waals surface area contributed by atoms with E-state index in [-0.39, 0.29) is 36.8 Å². The Morgan fingerprint density at radius 2 is 1.94 bits per heavy atom. The lowest BCUT2D eigenvalue weighted by molar-refractivity contribution is -0.134. The average molecular weight is 438 g/mol. The van der Waals surface area contributed by atoms with Crippen LogP contribution in [-0.4, -0.2) is 32.9 Å². The Morgan fingerprint density at radius 1 is 1.19 bits per heavy atom. The van der Waals surface area contributed by atoms with Gasteiger partial charge in [-0.2, -0.15) is 0 Å². The number of fused-ring (bicyclic) bond motifs is 3. The molecule has 3 aromatic rings. The number of carbonyl (C=O) groups is 2. The number of hydrogen-bond donors (Lipinski definition) is 1. The molecule has 2 aliphatic rings. The van der Waals surface area contributed by atoms with Crippen LogP contribution in [0.5, 0.6) is 0 Å². The number of benzene rings is 1. The first-order valence-electron chi connectivity index (χ1n) is 11.4. The highest BCUT2D eigenvalue weighted by Gasteiger charge is 2.48. The maximum atomic E-state index is 14.5. The van der Waals surface area contributed by atoms with Gasteiger partial charge < -0.3 is 19.2 Å². The summed E-state index contributed by atoms with van der Waals surface area (Å²) in [6.45, 7) is 2.09. The zero-order valence-corrected chi connectivity index (χ0v) is 18.3. The van der Waals surface area contributed by atoms with Crippen LogP contribution >= 0.6 is 0 Å². The number of amides is 2. The highest BCUT2D eigenvalue weighted by Crippen LogP contribution is 2.34. The van der Waals surface area contributed by atoms with Gasteiger partial charge in [-0.3, -0.25) is 9.59 Å². The first-order chi connectivity index (χ1) is 15.5. The third-order valence-corrected chi connectivity index (χ3v) is 7.01. The van der Waals surface area contributed by atoms with Crippen molar-refractivity contribution in [1.29, 1.82) is 0 Å². The van der Waals surface area contributed by atoms with E-state index in [0.717, 1.165) is 31.2 Å². The van der Waals surface area contributed by atoms with Crippen LogP contribution in [0.15, 0.2) is 47.1 Å². The first-order valence-corrected chi connectivity index (χ1v) is 11.4. The maximum Gasteiger partial charge on any atom is 0.271 e. The second-order valence-electron chi connectivity index (χ2n) is 9.20. The van der Waals surface area contributed by atoms with Crippen LogP contribution in [0.3, 0.4) is 0 Å². The number of aromatic nitrogens is 1. The Kier molecular flexibility index (Phi) is 5.27. The fourth-order valence-corrected chi connectivity index (χ4v) is 5.08. The first kappa shape index (κ1) is 20.8. The molecule has 2 aromatic heterocycles. The van der Waals surface area contributed by atoms with E-state index in [1.807, 2.05) is 10.6 Å². The third kappa shape index (κ3) is 3.49. The van der Waals surface area contributed by atoms with Crippen molar-refractivity contribution in [1.82, 2.24) is 14.8 Å². The smallest absolute Gasteiger partial charge is 0.271 e. The van der Waals surface area contributed by atoms with E-state index in [1.165, 1.54) is 23.8 Å². The highest BCUT2D eigenvalue weighted by molar-refractivity contribution is 6.02. The van der Waals surface area contributed by atoms with Crippen LogP contribution in [0.2, 0.25) is 0 Å². The molecule has 3 heterocycles. The average Bonchev–Trinajstić information content (AvgIpc) is 3.27. The van der Waals surface area contributed by atoms with Crippen molar-refractivity contribution >= 4 is 22.9 Å². The van der Waals surface area contributed by atoms with Gasteiger partial charge in [-0.15, -0.1) is 0 Å². The minimum Gasteiger partial charge on any atom is -0.463 e. The molecule has 7 heteroatoms. The van der Waals surface area contributed by atoms with Crippen molar-refractivity contribution in [2.24, 2.45) is 0 Å². The van der Waals surface area contributed by atoms with Crippen molar-refractivity contribution in [3.8, 4) is 0 Å². The SMILES string of the molecule is C[C@]1(C(=O)NC2CCCCCC2)Cn2c(cc3occc32)C(=O)N1Cc1ccccc1F. The van der Waals surface area contributed by atoms with Gasteiger partial charge in [-0.05, 0) is 25.8 Å².